The summed E-state index contributed by atoms with van der Waals surface area (Å²) in [7, 11) is 5.36. The number of methoxy groups -OCH3 is 2. The third-order valence-corrected chi connectivity index (χ3v) is 5.36. The van der Waals surface area contributed by atoms with Crippen LogP contribution in [0.5, 0.6) is 11.5 Å². The minimum absolute atomic E-state index is 0.632. The van der Waals surface area contributed by atoms with Gasteiger partial charge in [-0.3, -0.25) is 0 Å². The van der Waals surface area contributed by atoms with E-state index in [0.717, 1.165) is 41.3 Å². The molecular formula is C21H25N3O2. The van der Waals surface area contributed by atoms with Gasteiger partial charge < -0.3 is 19.4 Å². The highest BCUT2D eigenvalue weighted by atomic mass is 16.5. The number of piperidine rings is 1. The van der Waals surface area contributed by atoms with Crippen molar-refractivity contribution < 1.29 is 9.47 Å². The van der Waals surface area contributed by atoms with E-state index in [4.69, 9.17) is 14.5 Å². The second kappa shape index (κ2) is 7.00. The third kappa shape index (κ3) is 2.92. The fourth-order valence-electron chi connectivity index (χ4n) is 3.86. The van der Waals surface area contributed by atoms with Gasteiger partial charge in [0.25, 0.3) is 0 Å². The van der Waals surface area contributed by atoms with E-state index in [0.29, 0.717) is 11.7 Å². The van der Waals surface area contributed by atoms with Crippen molar-refractivity contribution in [1.82, 2.24) is 14.9 Å². The van der Waals surface area contributed by atoms with Crippen LogP contribution < -0.4 is 14.8 Å². The topological polar surface area (TPSA) is 48.3 Å². The zero-order chi connectivity index (χ0) is 18.1. The number of imidazole rings is 1. The molecule has 4 rings (SSSR count). The Labute approximate surface area is 153 Å². The maximum atomic E-state index is 5.44. The summed E-state index contributed by atoms with van der Waals surface area (Å²) in [6, 6.07) is 12.6. The van der Waals surface area contributed by atoms with Gasteiger partial charge in [-0.1, -0.05) is 6.07 Å². The van der Waals surface area contributed by atoms with Crippen LogP contribution in [0.1, 0.15) is 24.3 Å². The molecular weight excluding hydrogens is 326 g/mol. The lowest BCUT2D eigenvalue weighted by Crippen LogP contribution is -2.26. The number of benzene rings is 2. The first kappa shape index (κ1) is 16.9. The molecule has 2 heterocycles. The number of ether oxygens (including phenoxy) is 2. The smallest absolute Gasteiger partial charge is 0.161 e. The molecule has 1 aromatic heterocycles. The van der Waals surface area contributed by atoms with E-state index in [1.54, 1.807) is 14.2 Å². The first-order valence-corrected chi connectivity index (χ1v) is 9.10. The van der Waals surface area contributed by atoms with Gasteiger partial charge in [0.2, 0.25) is 0 Å². The van der Waals surface area contributed by atoms with Gasteiger partial charge in [-0.25, -0.2) is 4.98 Å². The van der Waals surface area contributed by atoms with Crippen molar-refractivity contribution in [2.24, 2.45) is 7.05 Å². The largest absolute Gasteiger partial charge is 0.493 e. The Balaban J connectivity index is 1.75. The molecule has 0 radical (unpaired) electrons. The molecule has 0 saturated carbocycles. The monoisotopic (exact) mass is 351 g/mol. The van der Waals surface area contributed by atoms with Gasteiger partial charge in [0.05, 0.1) is 25.3 Å². The first-order chi connectivity index (χ1) is 12.7. The number of fused-ring (bicyclic) bond motifs is 1. The molecule has 0 atom stereocenters. The minimum atomic E-state index is 0.632. The Morgan fingerprint density at radius 1 is 1.00 bits per heavy atom. The maximum absolute atomic E-state index is 5.44. The second-order valence-corrected chi connectivity index (χ2v) is 6.84. The van der Waals surface area contributed by atoms with Gasteiger partial charge in [0.1, 0.15) is 5.82 Å². The summed E-state index contributed by atoms with van der Waals surface area (Å²) in [5.74, 6) is 3.01. The summed E-state index contributed by atoms with van der Waals surface area (Å²) >= 11 is 0. The fraction of sp³-hybridized carbons (Fsp3) is 0.381. The number of hydrogen-bond donors (Lipinski definition) is 1. The highest BCUT2D eigenvalue weighted by molar-refractivity contribution is 5.81. The average Bonchev–Trinajstić information content (AvgIpc) is 3.04. The normalized spacial score (nSPS) is 15.3. The van der Waals surface area contributed by atoms with E-state index in [2.05, 4.69) is 35.1 Å². The van der Waals surface area contributed by atoms with Crippen LogP contribution >= 0.6 is 0 Å². The van der Waals surface area contributed by atoms with Gasteiger partial charge in [0.15, 0.2) is 11.5 Å². The van der Waals surface area contributed by atoms with Crippen LogP contribution in [0.15, 0.2) is 36.4 Å². The Kier molecular flexibility index (Phi) is 4.55. The summed E-state index contributed by atoms with van der Waals surface area (Å²) in [5.41, 5.74) is 4.61. The van der Waals surface area contributed by atoms with Crippen molar-refractivity contribution in [3.05, 3.63) is 42.0 Å². The Morgan fingerprint density at radius 3 is 2.50 bits per heavy atom. The van der Waals surface area contributed by atoms with Crippen molar-refractivity contribution in [2.45, 2.75) is 18.8 Å². The summed E-state index contributed by atoms with van der Waals surface area (Å²) in [6.07, 6.45) is 2.39. The lowest BCUT2D eigenvalue weighted by Gasteiger charge is -2.22. The van der Waals surface area contributed by atoms with Crippen LogP contribution in [0.25, 0.3) is 22.4 Å². The number of nitrogens with zero attached hydrogens (tertiary/aromatic N) is 2. The summed E-state index contributed by atoms with van der Waals surface area (Å²) in [4.78, 5) is 4.92. The zero-order valence-electron chi connectivity index (χ0n) is 15.6. The maximum Gasteiger partial charge on any atom is 0.161 e. The highest BCUT2D eigenvalue weighted by Crippen LogP contribution is 2.34. The summed E-state index contributed by atoms with van der Waals surface area (Å²) < 4.78 is 12.9. The molecule has 0 aliphatic carbocycles. The average molecular weight is 351 g/mol. The predicted octanol–water partition coefficient (Wildman–Crippen LogP) is 3.72. The van der Waals surface area contributed by atoms with Crippen molar-refractivity contribution in [3.63, 3.8) is 0 Å². The number of aromatic nitrogens is 2. The lowest BCUT2D eigenvalue weighted by molar-refractivity contribution is 0.355. The minimum Gasteiger partial charge on any atom is -0.493 e. The van der Waals surface area contributed by atoms with Gasteiger partial charge in [0, 0.05) is 12.6 Å². The zero-order valence-corrected chi connectivity index (χ0v) is 15.6. The molecule has 1 aliphatic rings. The third-order valence-electron chi connectivity index (χ3n) is 5.36. The van der Waals surface area contributed by atoms with Gasteiger partial charge in [-0.15, -0.1) is 0 Å². The molecule has 1 saturated heterocycles. The van der Waals surface area contributed by atoms with Gasteiger partial charge in [-0.05, 0) is 67.7 Å². The Morgan fingerprint density at radius 2 is 1.77 bits per heavy atom. The van der Waals surface area contributed by atoms with Crippen LogP contribution in [-0.4, -0.2) is 36.9 Å². The summed E-state index contributed by atoms with van der Waals surface area (Å²) in [6.45, 7) is 2.20. The molecule has 5 nitrogen and oxygen atoms in total. The van der Waals surface area contributed by atoms with E-state index in [1.807, 2.05) is 18.2 Å². The number of aryl methyl sites for hydroxylation is 1. The van der Waals surface area contributed by atoms with Crippen molar-refractivity contribution in [2.75, 3.05) is 27.3 Å². The Hall–Kier alpha value is -2.53. The van der Waals surface area contributed by atoms with Crippen LogP contribution in [0.4, 0.5) is 0 Å². The molecule has 2 aromatic carbocycles. The molecule has 136 valence electrons. The standard InChI is InChI=1S/C21H25N3O2/c1-24-18-6-4-15(14-8-10-22-11-9-14)12-17(18)23-21(24)16-5-7-19(25-2)20(13-16)26-3/h4-7,12-14,22H,8-11H2,1-3H3. The molecule has 0 spiro atoms. The highest BCUT2D eigenvalue weighted by Gasteiger charge is 2.18. The number of nitrogens with one attached hydrogen (secondary N) is 1. The number of rotatable bonds is 4. The molecule has 1 N–H and O–H groups in total. The van der Waals surface area contributed by atoms with Crippen molar-refractivity contribution in [1.29, 1.82) is 0 Å². The van der Waals surface area contributed by atoms with E-state index in [9.17, 15) is 0 Å². The van der Waals surface area contributed by atoms with E-state index in [-0.39, 0.29) is 0 Å². The first-order valence-electron chi connectivity index (χ1n) is 9.10. The molecule has 0 unspecified atom stereocenters. The molecule has 0 amide bonds. The Bertz CT molecular complexity index is 926. The lowest BCUT2D eigenvalue weighted by atomic mass is 9.90. The van der Waals surface area contributed by atoms with E-state index in [1.165, 1.54) is 18.4 Å². The van der Waals surface area contributed by atoms with E-state index < -0.39 is 0 Å². The molecule has 26 heavy (non-hydrogen) atoms. The molecule has 1 aliphatic heterocycles. The molecule has 0 bridgehead atoms. The molecule has 1 fully saturated rings. The van der Waals surface area contributed by atoms with Crippen LogP contribution in [0.2, 0.25) is 0 Å². The van der Waals surface area contributed by atoms with E-state index >= 15 is 0 Å². The second-order valence-electron chi connectivity index (χ2n) is 6.84. The summed E-state index contributed by atoms with van der Waals surface area (Å²) in [5, 5.41) is 3.43. The SMILES string of the molecule is COc1ccc(-c2nc3cc(C4CCNCC4)ccc3n2C)cc1OC. The molecule has 3 aromatic rings. The van der Waals surface area contributed by atoms with Gasteiger partial charge in [-0.2, -0.15) is 0 Å². The van der Waals surface area contributed by atoms with Crippen LogP contribution in [0.3, 0.4) is 0 Å². The van der Waals surface area contributed by atoms with Crippen molar-refractivity contribution >= 4 is 11.0 Å². The van der Waals surface area contributed by atoms with Gasteiger partial charge >= 0.3 is 0 Å². The quantitative estimate of drug-likeness (QED) is 0.778. The number of hydrogen-bond acceptors (Lipinski definition) is 4. The molecule has 5 heteroatoms. The van der Waals surface area contributed by atoms with Crippen LogP contribution in [0, 0.1) is 0 Å². The van der Waals surface area contributed by atoms with Crippen LogP contribution in [-0.2, 0) is 7.05 Å². The fourth-order valence-corrected chi connectivity index (χ4v) is 3.86. The predicted molar refractivity (Wildman–Crippen MR) is 104 cm³/mol. The van der Waals surface area contributed by atoms with Crippen molar-refractivity contribution in [3.8, 4) is 22.9 Å².